The summed E-state index contributed by atoms with van der Waals surface area (Å²) in [4.78, 5) is 24.9. The minimum atomic E-state index is -0.676. The second kappa shape index (κ2) is 7.77. The number of Topliss-reactive ketones (excluding diaryl/α,β-unsaturated/α-hetero) is 1. The fourth-order valence-electron chi connectivity index (χ4n) is 2.31. The van der Waals surface area contributed by atoms with E-state index in [1.807, 2.05) is 36.4 Å². The van der Waals surface area contributed by atoms with Gasteiger partial charge < -0.3 is 10.1 Å². The lowest BCUT2D eigenvalue weighted by atomic mass is 9.98. The predicted molar refractivity (Wildman–Crippen MR) is 94.1 cm³/mol. The van der Waals surface area contributed by atoms with E-state index in [1.165, 1.54) is 0 Å². The zero-order valence-electron chi connectivity index (χ0n) is 14.3. The van der Waals surface area contributed by atoms with Crippen LogP contribution in [0.25, 0.3) is 0 Å². The van der Waals surface area contributed by atoms with Crippen molar-refractivity contribution >= 4 is 11.9 Å². The molecule has 0 heterocycles. The van der Waals surface area contributed by atoms with E-state index in [-0.39, 0.29) is 5.78 Å². The maximum atomic E-state index is 12.8. The predicted octanol–water partition coefficient (Wildman–Crippen LogP) is 4.01. The normalized spacial score (nSPS) is 12.3. The average Bonchev–Trinajstić information content (AvgIpc) is 2.53. The number of ether oxygens (including phenoxy) is 1. The van der Waals surface area contributed by atoms with Gasteiger partial charge in [0.1, 0.15) is 5.60 Å². The van der Waals surface area contributed by atoms with E-state index in [2.05, 4.69) is 5.32 Å². The highest BCUT2D eigenvalue weighted by Gasteiger charge is 2.25. The number of hydrogen-bond donors (Lipinski definition) is 1. The average molecular weight is 325 g/mol. The Morgan fingerprint density at radius 1 is 0.958 bits per heavy atom. The Morgan fingerprint density at radius 2 is 1.50 bits per heavy atom. The van der Waals surface area contributed by atoms with Gasteiger partial charge in [0.05, 0.1) is 6.04 Å². The quantitative estimate of drug-likeness (QED) is 0.845. The third kappa shape index (κ3) is 5.54. The number of nitrogens with one attached hydrogen (secondary N) is 1. The van der Waals surface area contributed by atoms with E-state index in [0.29, 0.717) is 12.0 Å². The monoisotopic (exact) mass is 325 g/mol. The van der Waals surface area contributed by atoms with E-state index in [1.54, 1.807) is 45.0 Å². The van der Waals surface area contributed by atoms with Crippen LogP contribution in [0.3, 0.4) is 0 Å². The summed E-state index contributed by atoms with van der Waals surface area (Å²) in [7, 11) is 0. The van der Waals surface area contributed by atoms with Crippen molar-refractivity contribution < 1.29 is 14.3 Å². The largest absolute Gasteiger partial charge is 0.444 e. The van der Waals surface area contributed by atoms with Crippen LogP contribution in [0.5, 0.6) is 0 Å². The maximum absolute atomic E-state index is 12.8. The fourth-order valence-corrected chi connectivity index (χ4v) is 2.31. The summed E-state index contributed by atoms with van der Waals surface area (Å²) in [5.74, 6) is -0.134. The molecule has 1 unspecified atom stereocenters. The van der Waals surface area contributed by atoms with Crippen molar-refractivity contribution in [1.29, 1.82) is 0 Å². The lowest BCUT2D eigenvalue weighted by Crippen LogP contribution is -2.44. The molecule has 0 aliphatic heterocycles. The zero-order chi connectivity index (χ0) is 17.6. The molecule has 2 aromatic rings. The summed E-state index contributed by atoms with van der Waals surface area (Å²) in [5.41, 5.74) is 0.925. The second-order valence-electron chi connectivity index (χ2n) is 6.62. The molecule has 2 rings (SSSR count). The maximum Gasteiger partial charge on any atom is 0.408 e. The van der Waals surface area contributed by atoms with Gasteiger partial charge in [-0.15, -0.1) is 0 Å². The molecular formula is C20H23NO3. The van der Waals surface area contributed by atoms with Crippen LogP contribution in [0.1, 0.15) is 36.7 Å². The molecule has 0 aliphatic carbocycles. The molecule has 0 aliphatic rings. The SMILES string of the molecule is CC(C)(C)OC(=O)NC(Cc1ccccc1)C(=O)c1ccccc1. The fraction of sp³-hybridized carbons (Fsp3) is 0.300. The molecule has 0 spiro atoms. The zero-order valence-corrected chi connectivity index (χ0v) is 14.3. The van der Waals surface area contributed by atoms with Gasteiger partial charge >= 0.3 is 6.09 Å². The Bertz CT molecular complexity index is 675. The number of hydrogen-bond acceptors (Lipinski definition) is 3. The highest BCUT2D eigenvalue weighted by atomic mass is 16.6. The second-order valence-corrected chi connectivity index (χ2v) is 6.62. The van der Waals surface area contributed by atoms with Gasteiger partial charge in [-0.05, 0) is 26.3 Å². The summed E-state index contributed by atoms with van der Waals surface area (Å²) in [6, 6.07) is 17.9. The molecule has 0 aromatic heterocycles. The Hall–Kier alpha value is -2.62. The molecule has 0 radical (unpaired) electrons. The first-order valence-corrected chi connectivity index (χ1v) is 7.98. The smallest absolute Gasteiger partial charge is 0.408 e. The third-order valence-corrected chi connectivity index (χ3v) is 3.35. The highest BCUT2D eigenvalue weighted by molar-refractivity contribution is 6.01. The summed E-state index contributed by atoms with van der Waals surface area (Å²) < 4.78 is 5.29. The van der Waals surface area contributed by atoms with Gasteiger partial charge in [-0.1, -0.05) is 60.7 Å². The number of ketones is 1. The van der Waals surface area contributed by atoms with Crippen molar-refractivity contribution in [2.45, 2.75) is 38.8 Å². The summed E-state index contributed by atoms with van der Waals surface area (Å²) >= 11 is 0. The number of amides is 1. The Kier molecular flexibility index (Phi) is 5.74. The molecule has 0 saturated carbocycles. The lowest BCUT2D eigenvalue weighted by Gasteiger charge is -2.23. The molecule has 0 fully saturated rings. The van der Waals surface area contributed by atoms with Crippen LogP contribution in [0.15, 0.2) is 60.7 Å². The molecule has 0 bridgehead atoms. The Morgan fingerprint density at radius 3 is 2.04 bits per heavy atom. The highest BCUT2D eigenvalue weighted by Crippen LogP contribution is 2.12. The van der Waals surface area contributed by atoms with E-state index < -0.39 is 17.7 Å². The molecule has 1 amide bonds. The summed E-state index contributed by atoms with van der Waals surface area (Å²) in [5, 5.41) is 2.71. The topological polar surface area (TPSA) is 55.4 Å². The molecule has 0 saturated heterocycles. The standard InChI is InChI=1S/C20H23NO3/c1-20(2,3)24-19(23)21-17(14-15-10-6-4-7-11-15)18(22)16-12-8-5-9-13-16/h4-13,17H,14H2,1-3H3,(H,21,23). The van der Waals surface area contributed by atoms with Crippen molar-refractivity contribution in [3.63, 3.8) is 0 Å². The Labute approximate surface area is 142 Å². The summed E-state index contributed by atoms with van der Waals surface area (Å²) in [6.45, 7) is 5.37. The van der Waals surface area contributed by atoms with Crippen molar-refractivity contribution in [2.24, 2.45) is 0 Å². The number of rotatable bonds is 5. The molecule has 4 nitrogen and oxygen atoms in total. The van der Waals surface area contributed by atoms with Crippen molar-refractivity contribution in [3.05, 3.63) is 71.8 Å². The third-order valence-electron chi connectivity index (χ3n) is 3.35. The molecule has 2 aromatic carbocycles. The minimum absolute atomic E-state index is 0.134. The number of alkyl carbamates (subject to hydrolysis) is 1. The molecule has 4 heteroatoms. The lowest BCUT2D eigenvalue weighted by molar-refractivity contribution is 0.0491. The van der Waals surface area contributed by atoms with E-state index >= 15 is 0 Å². The van der Waals surface area contributed by atoms with Crippen LogP contribution >= 0.6 is 0 Å². The van der Waals surface area contributed by atoms with Gasteiger partial charge in [0.25, 0.3) is 0 Å². The molecule has 1 N–H and O–H groups in total. The molecule has 24 heavy (non-hydrogen) atoms. The first-order chi connectivity index (χ1) is 11.3. The van der Waals surface area contributed by atoms with Crippen LogP contribution in [0.2, 0.25) is 0 Å². The summed E-state index contributed by atoms with van der Waals surface area (Å²) in [6.07, 6.45) is -0.180. The van der Waals surface area contributed by atoms with Gasteiger partial charge in [-0.25, -0.2) is 4.79 Å². The van der Waals surface area contributed by atoms with Crippen LogP contribution in [0.4, 0.5) is 4.79 Å². The van der Waals surface area contributed by atoms with Crippen molar-refractivity contribution in [3.8, 4) is 0 Å². The van der Waals surface area contributed by atoms with Crippen LogP contribution in [0, 0.1) is 0 Å². The molecule has 1 atom stereocenters. The van der Waals surface area contributed by atoms with E-state index in [0.717, 1.165) is 5.56 Å². The van der Waals surface area contributed by atoms with Crippen LogP contribution < -0.4 is 5.32 Å². The first kappa shape index (κ1) is 17.7. The van der Waals surface area contributed by atoms with Gasteiger partial charge in [-0.3, -0.25) is 4.79 Å². The first-order valence-electron chi connectivity index (χ1n) is 7.98. The number of benzene rings is 2. The molecular weight excluding hydrogens is 302 g/mol. The number of carbonyl (C=O) groups is 2. The Balaban J connectivity index is 2.18. The molecule has 126 valence electrons. The van der Waals surface area contributed by atoms with Crippen LogP contribution in [-0.2, 0) is 11.2 Å². The van der Waals surface area contributed by atoms with Gasteiger partial charge in [0, 0.05) is 12.0 Å². The van der Waals surface area contributed by atoms with Crippen molar-refractivity contribution in [2.75, 3.05) is 0 Å². The van der Waals surface area contributed by atoms with Crippen LogP contribution in [-0.4, -0.2) is 23.5 Å². The van der Waals surface area contributed by atoms with E-state index in [9.17, 15) is 9.59 Å². The van der Waals surface area contributed by atoms with Gasteiger partial charge in [-0.2, -0.15) is 0 Å². The minimum Gasteiger partial charge on any atom is -0.444 e. The number of carbonyl (C=O) groups excluding carboxylic acids is 2. The van der Waals surface area contributed by atoms with Gasteiger partial charge in [0.15, 0.2) is 5.78 Å². The van der Waals surface area contributed by atoms with Crippen molar-refractivity contribution in [1.82, 2.24) is 5.32 Å². The van der Waals surface area contributed by atoms with Gasteiger partial charge in [0.2, 0.25) is 0 Å². The van der Waals surface area contributed by atoms with E-state index in [4.69, 9.17) is 4.74 Å².